The maximum absolute atomic E-state index is 13.5. The van der Waals surface area contributed by atoms with E-state index in [1.807, 2.05) is 13.8 Å². The summed E-state index contributed by atoms with van der Waals surface area (Å²) >= 11 is 3.16. The van der Waals surface area contributed by atoms with Crippen molar-refractivity contribution in [3.05, 3.63) is 51.5 Å². The van der Waals surface area contributed by atoms with Gasteiger partial charge >= 0.3 is 0 Å². The van der Waals surface area contributed by atoms with Crippen LogP contribution in [0.25, 0.3) is 0 Å². The van der Waals surface area contributed by atoms with Crippen molar-refractivity contribution in [1.82, 2.24) is 4.98 Å². The molecule has 0 bridgehead atoms. The molecule has 1 heterocycles. The smallest absolute Gasteiger partial charge is 0.202 e. The van der Waals surface area contributed by atoms with Crippen LogP contribution in [-0.4, -0.2) is 17.4 Å². The molecular formula is C14H13BrFNO2. The van der Waals surface area contributed by atoms with Gasteiger partial charge in [0.2, 0.25) is 5.78 Å². The van der Waals surface area contributed by atoms with E-state index in [0.717, 1.165) is 11.4 Å². The van der Waals surface area contributed by atoms with Gasteiger partial charge in [0, 0.05) is 21.4 Å². The van der Waals surface area contributed by atoms with Gasteiger partial charge in [-0.3, -0.25) is 4.79 Å². The quantitative estimate of drug-likeness (QED) is 0.869. The van der Waals surface area contributed by atoms with Crippen molar-refractivity contribution >= 4 is 21.7 Å². The molecular weight excluding hydrogens is 313 g/mol. The summed E-state index contributed by atoms with van der Waals surface area (Å²) in [6.45, 7) is 3.51. The lowest BCUT2D eigenvalue weighted by atomic mass is 10.1. The van der Waals surface area contributed by atoms with Crippen molar-refractivity contribution in [1.29, 1.82) is 0 Å². The summed E-state index contributed by atoms with van der Waals surface area (Å²) in [5, 5.41) is 0. The number of aromatic amines is 1. The maximum atomic E-state index is 13.5. The molecule has 0 saturated carbocycles. The highest BCUT2D eigenvalue weighted by Crippen LogP contribution is 2.21. The molecule has 0 atom stereocenters. The van der Waals surface area contributed by atoms with Crippen LogP contribution in [0, 0.1) is 19.7 Å². The van der Waals surface area contributed by atoms with Gasteiger partial charge in [-0.15, -0.1) is 0 Å². The van der Waals surface area contributed by atoms with Gasteiger partial charge in [-0.2, -0.15) is 0 Å². The minimum Gasteiger partial charge on any atom is -0.482 e. The molecule has 2 rings (SSSR count). The molecule has 3 nitrogen and oxygen atoms in total. The lowest BCUT2D eigenvalue weighted by molar-refractivity contribution is 0.0918. The minimum atomic E-state index is -0.496. The summed E-state index contributed by atoms with van der Waals surface area (Å²) < 4.78 is 19.4. The van der Waals surface area contributed by atoms with Gasteiger partial charge in [-0.25, -0.2) is 4.39 Å². The fourth-order valence-electron chi connectivity index (χ4n) is 1.83. The van der Waals surface area contributed by atoms with Crippen LogP contribution in [0.1, 0.15) is 21.7 Å². The molecule has 0 aliphatic rings. The molecule has 1 aromatic heterocycles. The third-order valence-electron chi connectivity index (χ3n) is 2.70. The van der Waals surface area contributed by atoms with Crippen LogP contribution < -0.4 is 4.74 Å². The zero-order valence-corrected chi connectivity index (χ0v) is 12.2. The molecule has 100 valence electrons. The molecule has 0 aliphatic heterocycles. The van der Waals surface area contributed by atoms with E-state index in [4.69, 9.17) is 4.74 Å². The van der Waals surface area contributed by atoms with E-state index in [1.54, 1.807) is 12.1 Å². The molecule has 1 aromatic carbocycles. The number of carbonyl (C=O) groups is 1. The predicted molar refractivity (Wildman–Crippen MR) is 74.2 cm³/mol. The first kappa shape index (κ1) is 13.8. The Bertz CT molecular complexity index is 622. The average molecular weight is 326 g/mol. The molecule has 2 aromatic rings. The van der Waals surface area contributed by atoms with Crippen molar-refractivity contribution in [3.8, 4) is 5.75 Å². The number of aryl methyl sites for hydroxylation is 2. The molecule has 0 radical (unpaired) electrons. The first-order valence-electron chi connectivity index (χ1n) is 5.74. The Hall–Kier alpha value is -1.62. The van der Waals surface area contributed by atoms with E-state index in [-0.39, 0.29) is 18.1 Å². The minimum absolute atomic E-state index is 0.0708. The van der Waals surface area contributed by atoms with E-state index in [0.29, 0.717) is 10.0 Å². The lowest BCUT2D eigenvalue weighted by Gasteiger charge is -2.06. The summed E-state index contributed by atoms with van der Waals surface area (Å²) in [7, 11) is 0. The number of halogens is 2. The fourth-order valence-corrected chi connectivity index (χ4v) is 2.16. The van der Waals surface area contributed by atoms with Gasteiger partial charge in [0.05, 0.1) is 0 Å². The van der Waals surface area contributed by atoms with Crippen molar-refractivity contribution in [3.63, 3.8) is 0 Å². The van der Waals surface area contributed by atoms with Crippen molar-refractivity contribution < 1.29 is 13.9 Å². The van der Waals surface area contributed by atoms with Crippen LogP contribution in [0.3, 0.4) is 0 Å². The summed E-state index contributed by atoms with van der Waals surface area (Å²) in [4.78, 5) is 15.0. The standard InChI is InChI=1S/C14H13BrFNO2/c1-8-5-11(9(2)17-8)13(18)7-19-14-4-3-10(15)6-12(14)16/h3-6,17H,7H2,1-2H3. The highest BCUT2D eigenvalue weighted by molar-refractivity contribution is 9.10. The molecule has 0 amide bonds. The van der Waals surface area contributed by atoms with Crippen molar-refractivity contribution in [2.24, 2.45) is 0 Å². The number of hydrogen-bond acceptors (Lipinski definition) is 2. The Kier molecular flexibility index (Phi) is 4.04. The predicted octanol–water partition coefficient (Wildman–Crippen LogP) is 3.79. The lowest BCUT2D eigenvalue weighted by Crippen LogP contribution is -2.12. The first-order chi connectivity index (χ1) is 8.97. The summed E-state index contributed by atoms with van der Waals surface area (Å²) in [5.41, 5.74) is 2.29. The Morgan fingerprint density at radius 3 is 2.68 bits per heavy atom. The van der Waals surface area contributed by atoms with Crippen molar-refractivity contribution in [2.75, 3.05) is 6.61 Å². The van der Waals surface area contributed by atoms with Crippen LogP contribution in [-0.2, 0) is 0 Å². The van der Waals surface area contributed by atoms with Crippen LogP contribution in [0.5, 0.6) is 5.75 Å². The van der Waals surface area contributed by atoms with Crippen LogP contribution in [0.2, 0.25) is 0 Å². The van der Waals surface area contributed by atoms with Gasteiger partial charge < -0.3 is 9.72 Å². The Labute approximate surface area is 118 Å². The first-order valence-corrected chi connectivity index (χ1v) is 6.54. The molecule has 5 heteroatoms. The van der Waals surface area contributed by atoms with Gasteiger partial charge in [-0.1, -0.05) is 15.9 Å². The summed E-state index contributed by atoms with van der Waals surface area (Å²) in [6.07, 6.45) is 0. The van der Waals surface area contributed by atoms with Gasteiger partial charge in [-0.05, 0) is 38.1 Å². The number of ether oxygens (including phenoxy) is 1. The number of nitrogens with one attached hydrogen (secondary N) is 1. The molecule has 0 spiro atoms. The summed E-state index contributed by atoms with van der Waals surface area (Å²) in [6, 6.07) is 6.21. The van der Waals surface area contributed by atoms with Crippen molar-refractivity contribution in [2.45, 2.75) is 13.8 Å². The second-order valence-corrected chi connectivity index (χ2v) is 5.19. The maximum Gasteiger partial charge on any atom is 0.202 e. The Morgan fingerprint density at radius 2 is 2.11 bits per heavy atom. The molecule has 0 unspecified atom stereocenters. The third-order valence-corrected chi connectivity index (χ3v) is 3.20. The van der Waals surface area contributed by atoms with E-state index < -0.39 is 5.82 Å². The third kappa shape index (κ3) is 3.23. The van der Waals surface area contributed by atoms with E-state index in [1.165, 1.54) is 12.1 Å². The largest absolute Gasteiger partial charge is 0.482 e. The van der Waals surface area contributed by atoms with Crippen LogP contribution in [0.15, 0.2) is 28.7 Å². The molecule has 19 heavy (non-hydrogen) atoms. The number of benzene rings is 1. The topological polar surface area (TPSA) is 42.1 Å². The van der Waals surface area contributed by atoms with Gasteiger partial charge in [0.15, 0.2) is 18.2 Å². The second kappa shape index (κ2) is 5.57. The Balaban J connectivity index is 2.06. The Morgan fingerprint density at radius 1 is 1.37 bits per heavy atom. The number of hydrogen-bond donors (Lipinski definition) is 1. The molecule has 1 N–H and O–H groups in total. The number of carbonyl (C=O) groups excluding carboxylic acids is 1. The molecule has 0 aliphatic carbocycles. The number of H-pyrrole nitrogens is 1. The van der Waals surface area contributed by atoms with Crippen LogP contribution >= 0.6 is 15.9 Å². The molecule has 0 fully saturated rings. The van der Waals surface area contributed by atoms with Gasteiger partial charge in [0.1, 0.15) is 0 Å². The van der Waals surface area contributed by atoms with Crippen LogP contribution in [0.4, 0.5) is 4.39 Å². The number of ketones is 1. The highest BCUT2D eigenvalue weighted by Gasteiger charge is 2.13. The number of Topliss-reactive ketones (excluding diaryl/α,β-unsaturated/α-hetero) is 1. The number of rotatable bonds is 4. The second-order valence-electron chi connectivity index (χ2n) is 4.28. The van der Waals surface area contributed by atoms with E-state index in [9.17, 15) is 9.18 Å². The number of aromatic nitrogens is 1. The highest BCUT2D eigenvalue weighted by atomic mass is 79.9. The van der Waals surface area contributed by atoms with E-state index >= 15 is 0 Å². The zero-order chi connectivity index (χ0) is 14.0. The van der Waals surface area contributed by atoms with E-state index in [2.05, 4.69) is 20.9 Å². The monoisotopic (exact) mass is 325 g/mol. The average Bonchev–Trinajstić information content (AvgIpc) is 2.67. The molecule has 0 saturated heterocycles. The summed E-state index contributed by atoms with van der Waals surface area (Å²) in [5.74, 6) is -0.602. The van der Waals surface area contributed by atoms with Gasteiger partial charge in [0.25, 0.3) is 0 Å². The normalized spacial score (nSPS) is 10.5. The SMILES string of the molecule is Cc1cc(C(=O)COc2ccc(Br)cc2F)c(C)[nH]1. The fraction of sp³-hybridized carbons (Fsp3) is 0.214. The zero-order valence-electron chi connectivity index (χ0n) is 10.6.